The van der Waals surface area contributed by atoms with Crippen molar-refractivity contribution in [3.8, 4) is 0 Å². The van der Waals surface area contributed by atoms with E-state index in [0.29, 0.717) is 32.3 Å². The second kappa shape index (κ2) is 10.6. The van der Waals surface area contributed by atoms with Crippen molar-refractivity contribution in [2.45, 2.75) is 43.3 Å². The summed E-state index contributed by atoms with van der Waals surface area (Å²) in [5, 5.41) is 4.43. The van der Waals surface area contributed by atoms with Gasteiger partial charge in [0.15, 0.2) is 5.16 Å². The highest BCUT2D eigenvalue weighted by atomic mass is 35.5. The minimum Gasteiger partial charge on any atom is -0.345 e. The minimum atomic E-state index is -0.215. The highest BCUT2D eigenvalue weighted by Crippen LogP contribution is 2.31. The average molecular weight is 499 g/mol. The van der Waals surface area contributed by atoms with Gasteiger partial charge in [0.25, 0.3) is 11.5 Å². The zero-order valence-corrected chi connectivity index (χ0v) is 20.8. The van der Waals surface area contributed by atoms with Crippen LogP contribution in [0.2, 0.25) is 5.02 Å². The van der Waals surface area contributed by atoms with Gasteiger partial charge in [-0.25, -0.2) is 4.98 Å². The Bertz CT molecular complexity index is 1270. The van der Waals surface area contributed by atoms with Gasteiger partial charge in [-0.1, -0.05) is 42.6 Å². The van der Waals surface area contributed by atoms with Gasteiger partial charge in [0.05, 0.1) is 16.7 Å². The lowest BCUT2D eigenvalue weighted by Gasteiger charge is -2.26. The number of halogens is 1. The number of fused-ring (bicyclic) bond motifs is 1. The fourth-order valence-corrected chi connectivity index (χ4v) is 5.23. The molecule has 1 aromatic heterocycles. The Morgan fingerprint density at radius 2 is 1.82 bits per heavy atom. The largest absolute Gasteiger partial charge is 0.345 e. The van der Waals surface area contributed by atoms with Crippen LogP contribution in [0.1, 0.15) is 48.5 Å². The summed E-state index contributed by atoms with van der Waals surface area (Å²) in [5.41, 5.74) is 1.60. The smallest absolute Gasteiger partial charge is 0.262 e. The molecule has 1 saturated carbocycles. The number of hydrogen-bond donors (Lipinski definition) is 1. The van der Waals surface area contributed by atoms with Crippen LogP contribution in [-0.4, -0.2) is 46.1 Å². The summed E-state index contributed by atoms with van der Waals surface area (Å²) in [4.78, 5) is 44.3. The molecule has 0 atom stereocenters. The first-order valence-corrected chi connectivity index (χ1v) is 12.7. The van der Waals surface area contributed by atoms with Crippen molar-refractivity contribution in [3.63, 3.8) is 0 Å². The van der Waals surface area contributed by atoms with Crippen LogP contribution in [0.15, 0.2) is 52.4 Å². The van der Waals surface area contributed by atoms with Crippen LogP contribution < -0.4 is 10.9 Å². The molecule has 0 spiro atoms. The molecule has 1 N–H and O–H groups in total. The third kappa shape index (κ3) is 5.45. The first-order chi connectivity index (χ1) is 16.3. The molecule has 2 amide bonds. The normalized spacial score (nSPS) is 14.2. The van der Waals surface area contributed by atoms with Crippen LogP contribution in [0.3, 0.4) is 0 Å². The second-order valence-electron chi connectivity index (χ2n) is 8.64. The highest BCUT2D eigenvalue weighted by molar-refractivity contribution is 7.99. The fourth-order valence-electron chi connectivity index (χ4n) is 4.20. The van der Waals surface area contributed by atoms with Crippen LogP contribution in [0, 0.1) is 0 Å². The number of benzene rings is 2. The molecule has 7 nitrogen and oxygen atoms in total. The van der Waals surface area contributed by atoms with Crippen molar-refractivity contribution in [1.82, 2.24) is 14.5 Å². The maximum atomic E-state index is 13.4. The highest BCUT2D eigenvalue weighted by Gasteiger charge is 2.22. The standard InChI is InChI=1S/C25H27ClN4O3S/c1-29(2)23(32)16-8-11-18(12-9-16)27-22(31)15-34-25-28-21-14-17(26)10-13-20(21)24(33)30(25)19-6-4-3-5-7-19/h8-14,19H,3-7,15H2,1-2H3,(H,27,31). The molecule has 0 aliphatic heterocycles. The van der Waals surface area contributed by atoms with E-state index in [-0.39, 0.29) is 29.2 Å². The topological polar surface area (TPSA) is 84.3 Å². The van der Waals surface area contributed by atoms with Crippen LogP contribution in [0.4, 0.5) is 5.69 Å². The Labute approximate surface area is 207 Å². The molecular weight excluding hydrogens is 472 g/mol. The molecule has 34 heavy (non-hydrogen) atoms. The molecule has 9 heteroatoms. The average Bonchev–Trinajstić information content (AvgIpc) is 2.83. The molecule has 0 saturated heterocycles. The predicted octanol–water partition coefficient (Wildman–Crippen LogP) is 4.99. The Kier molecular flexibility index (Phi) is 7.58. The maximum Gasteiger partial charge on any atom is 0.262 e. The molecule has 1 heterocycles. The van der Waals surface area contributed by atoms with Crippen molar-refractivity contribution in [2.24, 2.45) is 0 Å². The van der Waals surface area contributed by atoms with Crippen molar-refractivity contribution < 1.29 is 9.59 Å². The van der Waals surface area contributed by atoms with E-state index in [9.17, 15) is 14.4 Å². The lowest BCUT2D eigenvalue weighted by atomic mass is 9.95. The molecule has 0 radical (unpaired) electrons. The quantitative estimate of drug-likeness (QED) is 0.382. The zero-order chi connectivity index (χ0) is 24.2. The number of nitrogens with one attached hydrogen (secondary N) is 1. The van der Waals surface area contributed by atoms with E-state index in [4.69, 9.17) is 16.6 Å². The van der Waals surface area contributed by atoms with Crippen LogP contribution in [0.25, 0.3) is 10.9 Å². The van der Waals surface area contributed by atoms with E-state index in [1.54, 1.807) is 61.1 Å². The summed E-state index contributed by atoms with van der Waals surface area (Å²) in [6, 6.07) is 12.0. The van der Waals surface area contributed by atoms with Gasteiger partial charge in [-0.3, -0.25) is 19.0 Å². The number of amides is 2. The number of aromatic nitrogens is 2. The lowest BCUT2D eigenvalue weighted by molar-refractivity contribution is -0.113. The van der Waals surface area contributed by atoms with E-state index >= 15 is 0 Å². The lowest BCUT2D eigenvalue weighted by Crippen LogP contribution is -2.29. The van der Waals surface area contributed by atoms with Crippen LogP contribution in [-0.2, 0) is 4.79 Å². The number of carbonyl (C=O) groups excluding carboxylic acids is 2. The van der Waals surface area contributed by atoms with E-state index in [1.165, 1.54) is 23.1 Å². The minimum absolute atomic E-state index is 0.0844. The number of nitrogens with zero attached hydrogens (tertiary/aromatic N) is 3. The molecule has 0 bridgehead atoms. The fraction of sp³-hybridized carbons (Fsp3) is 0.360. The van der Waals surface area contributed by atoms with Gasteiger partial charge in [0.2, 0.25) is 5.91 Å². The summed E-state index contributed by atoms with van der Waals surface area (Å²) >= 11 is 7.38. The SMILES string of the molecule is CN(C)C(=O)c1ccc(NC(=O)CSc2nc3cc(Cl)ccc3c(=O)n2C2CCCCC2)cc1. The Hall–Kier alpha value is -2.84. The molecule has 1 aliphatic carbocycles. The van der Waals surface area contributed by atoms with Crippen LogP contribution >= 0.6 is 23.4 Å². The van der Waals surface area contributed by atoms with Gasteiger partial charge in [-0.05, 0) is 55.3 Å². The third-order valence-electron chi connectivity index (χ3n) is 5.93. The van der Waals surface area contributed by atoms with E-state index in [2.05, 4.69) is 5.32 Å². The Balaban J connectivity index is 1.53. The summed E-state index contributed by atoms with van der Waals surface area (Å²) in [7, 11) is 3.38. The second-order valence-corrected chi connectivity index (χ2v) is 10.0. The first kappa shape index (κ1) is 24.3. The van der Waals surface area contributed by atoms with Gasteiger partial charge in [-0.2, -0.15) is 0 Å². The van der Waals surface area contributed by atoms with Crippen molar-refractivity contribution in [1.29, 1.82) is 0 Å². The van der Waals surface area contributed by atoms with E-state index in [0.717, 1.165) is 25.7 Å². The Morgan fingerprint density at radius 3 is 2.50 bits per heavy atom. The number of thioether (sulfide) groups is 1. The van der Waals surface area contributed by atoms with Gasteiger partial charge in [0.1, 0.15) is 0 Å². The zero-order valence-electron chi connectivity index (χ0n) is 19.2. The molecule has 4 rings (SSSR count). The summed E-state index contributed by atoms with van der Waals surface area (Å²) in [5.74, 6) is -0.215. The monoisotopic (exact) mass is 498 g/mol. The van der Waals surface area contributed by atoms with Crippen molar-refractivity contribution in [3.05, 3.63) is 63.4 Å². The number of rotatable bonds is 6. The molecule has 2 aromatic carbocycles. The molecule has 1 aliphatic rings. The molecule has 0 unspecified atom stereocenters. The Morgan fingerprint density at radius 1 is 1.12 bits per heavy atom. The van der Waals surface area contributed by atoms with Crippen LogP contribution in [0.5, 0.6) is 0 Å². The first-order valence-electron chi connectivity index (χ1n) is 11.3. The number of carbonyl (C=O) groups is 2. The van der Waals surface area contributed by atoms with Gasteiger partial charge >= 0.3 is 0 Å². The van der Waals surface area contributed by atoms with E-state index in [1.807, 2.05) is 0 Å². The summed E-state index contributed by atoms with van der Waals surface area (Å²) < 4.78 is 1.77. The van der Waals surface area contributed by atoms with Crippen molar-refractivity contribution >= 4 is 51.8 Å². The molecular formula is C25H27ClN4O3S. The van der Waals surface area contributed by atoms with Gasteiger partial charge in [-0.15, -0.1) is 0 Å². The number of anilines is 1. The molecule has 3 aromatic rings. The van der Waals surface area contributed by atoms with Crippen molar-refractivity contribution in [2.75, 3.05) is 25.2 Å². The van der Waals surface area contributed by atoms with E-state index < -0.39 is 0 Å². The third-order valence-corrected chi connectivity index (χ3v) is 7.11. The summed E-state index contributed by atoms with van der Waals surface area (Å²) in [6.07, 6.45) is 5.18. The van der Waals surface area contributed by atoms with Gasteiger partial charge < -0.3 is 10.2 Å². The number of hydrogen-bond acceptors (Lipinski definition) is 5. The molecule has 1 fully saturated rings. The summed E-state index contributed by atoms with van der Waals surface area (Å²) in [6.45, 7) is 0. The van der Waals surface area contributed by atoms with Gasteiger partial charge in [0, 0.05) is 36.4 Å². The molecule has 178 valence electrons. The predicted molar refractivity (Wildman–Crippen MR) is 137 cm³/mol. The maximum absolute atomic E-state index is 13.4.